The molecule has 2 atom stereocenters. The molecule has 22 heteroatoms. The summed E-state index contributed by atoms with van der Waals surface area (Å²) in [5.41, 5.74) is 5.79. The molecule has 84 heavy (non-hydrogen) atoms. The van der Waals surface area contributed by atoms with Gasteiger partial charge in [-0.1, -0.05) is 65.8 Å². The minimum Gasteiger partial charge on any atom is -0.493 e. The smallest absolute Gasteiger partial charge is 0.324 e. The summed E-state index contributed by atoms with van der Waals surface area (Å²) in [6, 6.07) is 42.3. The first-order chi connectivity index (χ1) is 40.1. The molecule has 20 nitrogen and oxygen atoms in total. The zero-order chi connectivity index (χ0) is 60.1. The number of ether oxygens (including phenoxy) is 2. The maximum atomic E-state index is 13.4. The molecule has 0 spiro atoms. The van der Waals surface area contributed by atoms with E-state index in [9.17, 15) is 18.0 Å². The second-order valence-corrected chi connectivity index (χ2v) is 24.6. The highest BCUT2D eigenvalue weighted by Crippen LogP contribution is 2.33. The maximum absolute atomic E-state index is 13.4. The van der Waals surface area contributed by atoms with E-state index in [-0.39, 0.29) is 33.8 Å². The molecule has 0 aliphatic heterocycles. The van der Waals surface area contributed by atoms with Crippen LogP contribution in [0.25, 0.3) is 22.1 Å². The van der Waals surface area contributed by atoms with Crippen molar-refractivity contribution in [2.45, 2.75) is 88.9 Å². The number of fused-ring (bicyclic) bond motifs is 1. The van der Waals surface area contributed by atoms with E-state index in [2.05, 4.69) is 31.2 Å². The average molecular weight is 1180 g/mol. The summed E-state index contributed by atoms with van der Waals surface area (Å²) >= 11 is 0. The molecule has 4 aromatic heterocycles. The Kier molecular flexibility index (Phi) is 19.6. The van der Waals surface area contributed by atoms with Gasteiger partial charge in [-0.15, -0.1) is 0 Å². The van der Waals surface area contributed by atoms with Gasteiger partial charge in [0, 0.05) is 77.1 Å². The standard InChI is InChI=1S/C33H36N6O4S.C29H34N6O4S/c1-5-43-44(34,41)25-12-10-24(11-13-25)39-31(22-30(38-39)33(2,3)4)37-32(40)36-28-14-15-29(27-9-7-6-8-26(27)28)42-21-18-23-16-19-35-20-17-23;1-5-39-40(30,37)25-12-8-23(9-13-25)35-27(20-26(34-35)29(2,3)4)33-28(36)32-22-6-10-24(11-7-22)38-19-16-21-14-17-31-18-15-21/h6-17,19-20,22,34H,5,18,21H2,1-4H3,(H2,36,37,40);6-15,17-18,20,30H,5,16,19H2,1-4H3,(H2,32,33,36). The van der Waals surface area contributed by atoms with Crippen LogP contribution in [0, 0.1) is 9.56 Å². The Morgan fingerprint density at radius 1 is 0.524 bits per heavy atom. The van der Waals surface area contributed by atoms with E-state index in [1.165, 1.54) is 0 Å². The first-order valence-corrected chi connectivity index (χ1v) is 30.2. The van der Waals surface area contributed by atoms with Gasteiger partial charge in [0.2, 0.25) is 0 Å². The number of amides is 4. The number of hydrogen-bond acceptors (Lipinski definition) is 14. The fraction of sp³-hybridized carbons (Fsp3) is 0.258. The van der Waals surface area contributed by atoms with Gasteiger partial charge in [0.05, 0.1) is 64.7 Å². The number of urea groups is 2. The summed E-state index contributed by atoms with van der Waals surface area (Å²) in [5.74, 6) is 2.36. The van der Waals surface area contributed by atoms with Crippen LogP contribution in [0.15, 0.2) is 180 Å². The van der Waals surface area contributed by atoms with Crippen molar-refractivity contribution in [2.24, 2.45) is 0 Å². The van der Waals surface area contributed by atoms with E-state index >= 15 is 0 Å². The molecule has 0 fully saturated rings. The predicted molar refractivity (Wildman–Crippen MR) is 329 cm³/mol. The van der Waals surface area contributed by atoms with Gasteiger partial charge in [0.1, 0.15) is 23.1 Å². The third-order valence-electron chi connectivity index (χ3n) is 12.8. The van der Waals surface area contributed by atoms with Gasteiger partial charge in [-0.2, -0.15) is 10.2 Å². The molecule has 0 aliphatic rings. The molecule has 4 amide bonds. The van der Waals surface area contributed by atoms with Crippen LogP contribution in [0.2, 0.25) is 0 Å². The monoisotopic (exact) mass is 1170 g/mol. The van der Waals surface area contributed by atoms with Crippen molar-refractivity contribution in [1.29, 1.82) is 9.56 Å². The Balaban J connectivity index is 0.000000220. The summed E-state index contributed by atoms with van der Waals surface area (Å²) < 4.78 is 66.3. The molecule has 0 aliphatic carbocycles. The topological polar surface area (TPSA) is 262 Å². The number of nitrogens with one attached hydrogen (secondary N) is 6. The third-order valence-corrected chi connectivity index (χ3v) is 15.8. The molecule has 0 saturated heterocycles. The Hall–Kier alpha value is -8.96. The van der Waals surface area contributed by atoms with Gasteiger partial charge in [-0.25, -0.2) is 36.9 Å². The zero-order valence-corrected chi connectivity index (χ0v) is 49.8. The third kappa shape index (κ3) is 16.2. The first kappa shape index (κ1) is 61.1. The fourth-order valence-electron chi connectivity index (χ4n) is 8.42. The van der Waals surface area contributed by atoms with Crippen molar-refractivity contribution in [3.63, 3.8) is 0 Å². The fourth-order valence-corrected chi connectivity index (χ4v) is 10.3. The van der Waals surface area contributed by atoms with Crippen LogP contribution >= 0.6 is 0 Å². The Bertz CT molecular complexity index is 3900. The van der Waals surface area contributed by atoms with Gasteiger partial charge < -0.3 is 20.1 Å². The number of nitrogens with zero attached hydrogens (tertiary/aromatic N) is 6. The lowest BCUT2D eigenvalue weighted by Gasteiger charge is -2.15. The van der Waals surface area contributed by atoms with Crippen molar-refractivity contribution >= 4 is 65.9 Å². The zero-order valence-electron chi connectivity index (χ0n) is 48.2. The van der Waals surface area contributed by atoms with Crippen molar-refractivity contribution in [3.05, 3.63) is 193 Å². The molecular weight excluding hydrogens is 1100 g/mol. The van der Waals surface area contributed by atoms with Crippen LogP contribution in [0.3, 0.4) is 0 Å². The Morgan fingerprint density at radius 3 is 1.42 bits per heavy atom. The summed E-state index contributed by atoms with van der Waals surface area (Å²) in [4.78, 5) is 34.9. The number of carbonyl (C=O) groups excluding carboxylic acids is 2. The van der Waals surface area contributed by atoms with Gasteiger partial charge in [-0.05, 0) is 134 Å². The average Bonchev–Trinajstić information content (AvgIpc) is 3.51. The van der Waals surface area contributed by atoms with Crippen LogP contribution in [-0.2, 0) is 52.1 Å². The maximum Gasteiger partial charge on any atom is 0.324 e. The number of carbonyl (C=O) groups is 2. The van der Waals surface area contributed by atoms with Crippen LogP contribution in [-0.4, -0.2) is 76.4 Å². The molecule has 9 aromatic rings. The van der Waals surface area contributed by atoms with E-state index in [4.69, 9.17) is 37.6 Å². The van der Waals surface area contributed by atoms with E-state index in [1.807, 2.05) is 114 Å². The second-order valence-electron chi connectivity index (χ2n) is 21.2. The molecule has 9 rings (SSSR count). The van der Waals surface area contributed by atoms with Crippen LogP contribution < -0.4 is 30.7 Å². The molecule has 438 valence electrons. The summed E-state index contributed by atoms with van der Waals surface area (Å²) in [5, 5.41) is 22.8. The van der Waals surface area contributed by atoms with Crippen LogP contribution in [0.5, 0.6) is 11.5 Å². The quantitative estimate of drug-likeness (QED) is 0.0416. The Labute approximate surface area is 490 Å². The van der Waals surface area contributed by atoms with Gasteiger partial charge in [0.15, 0.2) is 20.0 Å². The van der Waals surface area contributed by atoms with Crippen molar-refractivity contribution in [1.82, 2.24) is 29.5 Å². The lowest BCUT2D eigenvalue weighted by Crippen LogP contribution is -2.21. The number of hydrogen-bond donors (Lipinski definition) is 6. The normalized spacial score (nSPS) is 12.9. The molecule has 0 radical (unpaired) electrons. The minimum absolute atomic E-state index is 0.165. The number of anilines is 4. The lowest BCUT2D eigenvalue weighted by atomic mass is 9.92. The van der Waals surface area contributed by atoms with Gasteiger partial charge in [-0.3, -0.25) is 29.0 Å². The molecule has 5 aromatic carbocycles. The molecular formula is C62H70N12O8S2. The van der Waals surface area contributed by atoms with E-state index in [0.29, 0.717) is 53.3 Å². The van der Waals surface area contributed by atoms with E-state index < -0.39 is 32.1 Å². The first-order valence-electron chi connectivity index (χ1n) is 27.2. The summed E-state index contributed by atoms with van der Waals surface area (Å²) in [6.45, 7) is 17.0. The van der Waals surface area contributed by atoms with Crippen molar-refractivity contribution in [2.75, 3.05) is 47.7 Å². The number of benzene rings is 5. The van der Waals surface area contributed by atoms with Crippen molar-refractivity contribution < 1.29 is 35.8 Å². The molecule has 6 N–H and O–H groups in total. The molecule has 0 saturated carbocycles. The van der Waals surface area contributed by atoms with Crippen molar-refractivity contribution in [3.8, 4) is 22.9 Å². The highest BCUT2D eigenvalue weighted by Gasteiger charge is 2.24. The molecule has 0 bridgehead atoms. The molecule has 2 unspecified atom stereocenters. The number of aromatic nitrogens is 6. The lowest BCUT2D eigenvalue weighted by molar-refractivity contribution is 0.261. The van der Waals surface area contributed by atoms with Crippen LogP contribution in [0.1, 0.15) is 77.9 Å². The highest BCUT2D eigenvalue weighted by molar-refractivity contribution is 7.88. The van der Waals surface area contributed by atoms with E-state index in [1.54, 1.807) is 121 Å². The largest absolute Gasteiger partial charge is 0.493 e. The predicted octanol–water partition coefficient (Wildman–Crippen LogP) is 13.5. The van der Waals surface area contributed by atoms with Gasteiger partial charge >= 0.3 is 12.1 Å². The Morgan fingerprint density at radius 2 is 0.964 bits per heavy atom. The summed E-state index contributed by atoms with van der Waals surface area (Å²) in [6.07, 6.45) is 8.57. The SMILES string of the molecule is CCOS(=N)(=O)c1ccc(-n2nc(C(C)(C)C)cc2NC(=O)Nc2ccc(OCCc3ccncc3)c3ccccc23)cc1.CCOS(=N)(=O)c1ccc(-n2nc(C(C)(C)C)cc2NC(=O)Nc2ccc(OCCc3ccncc3)cc2)cc1. The number of pyridine rings is 2. The highest BCUT2D eigenvalue weighted by atomic mass is 32.2. The molecule has 4 heterocycles. The minimum atomic E-state index is -3.35. The van der Waals surface area contributed by atoms with E-state index in [0.717, 1.165) is 51.9 Å². The second kappa shape index (κ2) is 27.0. The van der Waals surface area contributed by atoms with Crippen LogP contribution in [0.4, 0.5) is 32.6 Å². The van der Waals surface area contributed by atoms with Gasteiger partial charge in [0.25, 0.3) is 0 Å². The number of rotatable bonds is 20. The summed E-state index contributed by atoms with van der Waals surface area (Å²) in [7, 11) is -6.68.